The van der Waals surface area contributed by atoms with E-state index in [1.807, 2.05) is 0 Å². The summed E-state index contributed by atoms with van der Waals surface area (Å²) in [5, 5.41) is 6.46. The number of halogens is 1. The van der Waals surface area contributed by atoms with E-state index in [1.54, 1.807) is 30.3 Å². The molecule has 4 rings (SSSR count). The summed E-state index contributed by atoms with van der Waals surface area (Å²) in [6, 6.07) is 12.6. The van der Waals surface area contributed by atoms with E-state index >= 15 is 0 Å². The minimum atomic E-state index is -3.64. The zero-order valence-electron chi connectivity index (χ0n) is 18.7. The molecule has 2 aliphatic rings. The van der Waals surface area contributed by atoms with Crippen molar-refractivity contribution in [3.05, 3.63) is 59.9 Å². The molecule has 1 saturated heterocycles. The number of nitrogens with zero attached hydrogens (tertiary/aromatic N) is 2. The van der Waals surface area contributed by atoms with Crippen LogP contribution in [-0.4, -0.2) is 57.1 Å². The first-order valence-electron chi connectivity index (χ1n) is 10.9. The van der Waals surface area contributed by atoms with Crippen LogP contribution in [-0.2, 0) is 26.0 Å². The van der Waals surface area contributed by atoms with Gasteiger partial charge in [0.15, 0.2) is 0 Å². The number of nitrogens with one attached hydrogen (secondary N) is 1. The number of piperidine rings is 1. The molecular formula is C23H26FN3O6S. The molecule has 2 aromatic rings. The number of alkyl carbamates (subject to hydrolysis) is 1. The minimum absolute atomic E-state index is 0.134. The fourth-order valence-corrected chi connectivity index (χ4v) is 5.43. The highest BCUT2D eigenvalue weighted by molar-refractivity contribution is 7.89. The SMILES string of the molecule is COc1ccc(S(=O)(=O)N2CCC3(CC2)CC(OC(=O)NCCc2ccccc2F)=NO3)cc1. The molecule has 2 aromatic carbocycles. The van der Waals surface area contributed by atoms with Crippen molar-refractivity contribution in [3.8, 4) is 5.75 Å². The third kappa shape index (κ3) is 5.31. The number of hydrogen-bond donors (Lipinski definition) is 1. The topological polar surface area (TPSA) is 107 Å². The van der Waals surface area contributed by atoms with Crippen molar-refractivity contribution < 1.29 is 31.9 Å². The molecular weight excluding hydrogens is 465 g/mol. The van der Waals surface area contributed by atoms with Gasteiger partial charge >= 0.3 is 6.09 Å². The van der Waals surface area contributed by atoms with Gasteiger partial charge in [0.1, 0.15) is 17.2 Å². The number of ether oxygens (including phenoxy) is 2. The monoisotopic (exact) mass is 491 g/mol. The molecule has 182 valence electrons. The fraction of sp³-hybridized carbons (Fsp3) is 0.391. The lowest BCUT2D eigenvalue weighted by molar-refractivity contribution is -0.0506. The average Bonchev–Trinajstić information content (AvgIpc) is 3.22. The fourth-order valence-electron chi connectivity index (χ4n) is 3.98. The Kier molecular flexibility index (Phi) is 7.03. The maximum absolute atomic E-state index is 13.6. The van der Waals surface area contributed by atoms with E-state index in [2.05, 4.69) is 10.5 Å². The molecule has 9 nitrogen and oxygen atoms in total. The highest BCUT2D eigenvalue weighted by atomic mass is 32.2. The van der Waals surface area contributed by atoms with E-state index in [9.17, 15) is 17.6 Å². The molecule has 0 aromatic heterocycles. The van der Waals surface area contributed by atoms with Gasteiger partial charge in [0, 0.05) is 32.5 Å². The van der Waals surface area contributed by atoms with Crippen LogP contribution < -0.4 is 10.1 Å². The Morgan fingerprint density at radius 3 is 2.56 bits per heavy atom. The third-order valence-corrected chi connectivity index (χ3v) is 7.89. The number of carbonyl (C=O) groups is 1. The number of sulfonamides is 1. The number of carbonyl (C=O) groups excluding carboxylic acids is 1. The predicted octanol–water partition coefficient (Wildman–Crippen LogP) is 3.06. The van der Waals surface area contributed by atoms with Gasteiger partial charge in [0.2, 0.25) is 15.9 Å². The van der Waals surface area contributed by atoms with Gasteiger partial charge in [-0.15, -0.1) is 0 Å². The smallest absolute Gasteiger partial charge is 0.413 e. The van der Waals surface area contributed by atoms with Gasteiger partial charge in [0.05, 0.1) is 18.4 Å². The molecule has 2 aliphatic heterocycles. The van der Waals surface area contributed by atoms with Crippen LogP contribution in [0.15, 0.2) is 58.6 Å². The zero-order valence-corrected chi connectivity index (χ0v) is 19.5. The third-order valence-electron chi connectivity index (χ3n) is 5.98. The van der Waals surface area contributed by atoms with Crippen LogP contribution in [0.25, 0.3) is 0 Å². The number of hydrogen-bond acceptors (Lipinski definition) is 7. The molecule has 0 saturated carbocycles. The second-order valence-electron chi connectivity index (χ2n) is 8.17. The van der Waals surface area contributed by atoms with Crippen molar-refractivity contribution in [1.82, 2.24) is 9.62 Å². The van der Waals surface area contributed by atoms with Crippen LogP contribution in [0.5, 0.6) is 5.75 Å². The van der Waals surface area contributed by atoms with Crippen LogP contribution in [0.1, 0.15) is 24.8 Å². The van der Waals surface area contributed by atoms with E-state index < -0.39 is 21.7 Å². The van der Waals surface area contributed by atoms with Crippen LogP contribution in [0.3, 0.4) is 0 Å². The first-order chi connectivity index (χ1) is 16.3. The van der Waals surface area contributed by atoms with Crippen molar-refractivity contribution in [2.45, 2.75) is 36.2 Å². The Labute approximate surface area is 197 Å². The molecule has 1 amide bonds. The Bertz CT molecular complexity index is 1160. The van der Waals surface area contributed by atoms with Gasteiger partial charge in [0.25, 0.3) is 0 Å². The molecule has 0 atom stereocenters. The van der Waals surface area contributed by atoms with E-state index in [0.29, 0.717) is 30.6 Å². The highest BCUT2D eigenvalue weighted by Gasteiger charge is 2.45. The second kappa shape index (κ2) is 9.98. The summed E-state index contributed by atoms with van der Waals surface area (Å²) in [5.41, 5.74) is -0.200. The summed E-state index contributed by atoms with van der Waals surface area (Å²) in [7, 11) is -2.12. The van der Waals surface area contributed by atoms with Gasteiger partial charge in [-0.05, 0) is 42.3 Å². The lowest BCUT2D eigenvalue weighted by Gasteiger charge is -2.36. The number of benzene rings is 2. The van der Waals surface area contributed by atoms with Crippen LogP contribution >= 0.6 is 0 Å². The van der Waals surface area contributed by atoms with Gasteiger partial charge < -0.3 is 19.6 Å². The van der Waals surface area contributed by atoms with Crippen LogP contribution in [0.4, 0.5) is 9.18 Å². The molecule has 1 N–H and O–H groups in total. The Morgan fingerprint density at radius 1 is 1.18 bits per heavy atom. The zero-order chi connectivity index (χ0) is 24.2. The number of oxime groups is 1. The average molecular weight is 492 g/mol. The Balaban J connectivity index is 1.24. The molecule has 0 radical (unpaired) electrons. The van der Waals surface area contributed by atoms with Crippen molar-refractivity contribution >= 4 is 22.0 Å². The molecule has 0 aliphatic carbocycles. The van der Waals surface area contributed by atoms with Crippen molar-refractivity contribution in [2.24, 2.45) is 5.16 Å². The van der Waals surface area contributed by atoms with E-state index in [0.717, 1.165) is 0 Å². The maximum Gasteiger partial charge on any atom is 0.413 e. The lowest BCUT2D eigenvalue weighted by Crippen LogP contribution is -2.46. The van der Waals surface area contributed by atoms with Gasteiger partial charge in [-0.25, -0.2) is 17.6 Å². The Morgan fingerprint density at radius 2 is 1.88 bits per heavy atom. The quantitative estimate of drug-likeness (QED) is 0.666. The Hall–Kier alpha value is -3.18. The van der Waals surface area contributed by atoms with Gasteiger partial charge in [-0.3, -0.25) is 0 Å². The number of methoxy groups -OCH3 is 1. The van der Waals surface area contributed by atoms with E-state index in [-0.39, 0.29) is 42.7 Å². The summed E-state index contributed by atoms with van der Waals surface area (Å²) >= 11 is 0. The summed E-state index contributed by atoms with van der Waals surface area (Å²) in [4.78, 5) is 17.8. The van der Waals surface area contributed by atoms with Gasteiger partial charge in [-0.2, -0.15) is 4.31 Å². The number of amides is 1. The van der Waals surface area contributed by atoms with E-state index in [1.165, 1.54) is 29.6 Å². The maximum atomic E-state index is 13.6. The summed E-state index contributed by atoms with van der Waals surface area (Å²) in [6.45, 7) is 0.717. The normalized spacial score (nSPS) is 17.6. The molecule has 2 heterocycles. The molecule has 0 bridgehead atoms. The summed E-state index contributed by atoms with van der Waals surface area (Å²) < 4.78 is 51.2. The largest absolute Gasteiger partial charge is 0.497 e. The first kappa shape index (κ1) is 24.0. The summed E-state index contributed by atoms with van der Waals surface area (Å²) in [5.74, 6) is 0.389. The lowest BCUT2D eigenvalue weighted by atomic mass is 9.89. The molecule has 0 unspecified atom stereocenters. The first-order valence-corrected chi connectivity index (χ1v) is 12.3. The van der Waals surface area contributed by atoms with Gasteiger partial charge in [-0.1, -0.05) is 23.4 Å². The van der Waals surface area contributed by atoms with Crippen molar-refractivity contribution in [2.75, 3.05) is 26.7 Å². The summed E-state index contributed by atoms with van der Waals surface area (Å²) in [6.07, 6.45) is 0.716. The highest BCUT2D eigenvalue weighted by Crippen LogP contribution is 2.36. The molecule has 11 heteroatoms. The number of rotatable bonds is 6. The minimum Gasteiger partial charge on any atom is -0.497 e. The van der Waals surface area contributed by atoms with Crippen molar-refractivity contribution in [3.63, 3.8) is 0 Å². The standard InChI is InChI=1S/C23H26FN3O6S/c1-31-18-6-8-19(9-7-18)34(29,30)27-14-11-23(12-15-27)16-21(26-33-23)32-22(28)25-13-10-17-4-2-3-5-20(17)24/h2-9H,10-16H2,1H3,(H,25,28). The molecule has 34 heavy (non-hydrogen) atoms. The van der Waals surface area contributed by atoms with E-state index in [4.69, 9.17) is 14.3 Å². The van der Waals surface area contributed by atoms with Crippen LogP contribution in [0, 0.1) is 5.82 Å². The predicted molar refractivity (Wildman–Crippen MR) is 121 cm³/mol. The molecule has 1 fully saturated rings. The van der Waals surface area contributed by atoms with Crippen LogP contribution in [0.2, 0.25) is 0 Å². The van der Waals surface area contributed by atoms with Crippen molar-refractivity contribution in [1.29, 1.82) is 0 Å². The molecule has 1 spiro atoms. The second-order valence-corrected chi connectivity index (χ2v) is 10.1.